The number of nitrogens with one attached hydrogen (secondary N) is 1. The van der Waals surface area contributed by atoms with Gasteiger partial charge in [0.05, 0.1) is 11.3 Å². The molecule has 0 atom stereocenters. The van der Waals surface area contributed by atoms with E-state index in [0.29, 0.717) is 17.0 Å². The molecule has 2 aromatic heterocycles. The Morgan fingerprint density at radius 2 is 1.96 bits per heavy atom. The Kier molecular flexibility index (Phi) is 5.57. The van der Waals surface area contributed by atoms with Gasteiger partial charge in [-0.25, -0.2) is 4.98 Å². The molecule has 0 unspecified atom stereocenters. The minimum atomic E-state index is 0.0617. The van der Waals surface area contributed by atoms with Crippen LogP contribution in [0.15, 0.2) is 29.4 Å². The molecule has 0 saturated heterocycles. The summed E-state index contributed by atoms with van der Waals surface area (Å²) in [5.41, 5.74) is 2.77. The molecule has 1 amide bonds. The third kappa shape index (κ3) is 3.93. The van der Waals surface area contributed by atoms with Gasteiger partial charge in [-0.3, -0.25) is 4.79 Å². The average molecular weight is 384 g/mol. The molecule has 1 fully saturated rings. The summed E-state index contributed by atoms with van der Waals surface area (Å²) in [6.45, 7) is 2.91. The lowest BCUT2D eigenvalue weighted by molar-refractivity contribution is -0.119. The number of aryl methyl sites for hydroxylation is 1. The van der Waals surface area contributed by atoms with Gasteiger partial charge in [0, 0.05) is 18.0 Å². The van der Waals surface area contributed by atoms with Crippen molar-refractivity contribution in [3.63, 3.8) is 0 Å². The monoisotopic (exact) mass is 383 g/mol. The normalized spacial score (nSPS) is 15.9. The lowest BCUT2D eigenvalue weighted by Crippen LogP contribution is -2.35. The zero-order chi connectivity index (χ0) is 18.6. The van der Waals surface area contributed by atoms with Gasteiger partial charge in [0.1, 0.15) is 5.52 Å². The van der Waals surface area contributed by atoms with E-state index in [1.165, 1.54) is 37.4 Å². The highest BCUT2D eigenvalue weighted by atomic mass is 32.2. The zero-order valence-electron chi connectivity index (χ0n) is 15.6. The second-order valence-corrected chi connectivity index (χ2v) is 8.02. The Labute approximate surface area is 163 Å². The van der Waals surface area contributed by atoms with Crippen molar-refractivity contribution < 1.29 is 4.79 Å². The van der Waals surface area contributed by atoms with Crippen molar-refractivity contribution in [2.24, 2.45) is 0 Å². The Hall–Kier alpha value is -2.15. The molecule has 6 nitrogen and oxygen atoms in total. The number of amides is 1. The van der Waals surface area contributed by atoms with Crippen LogP contribution in [0, 0.1) is 0 Å². The van der Waals surface area contributed by atoms with Crippen LogP contribution in [-0.4, -0.2) is 37.5 Å². The maximum atomic E-state index is 12.3. The number of nitrogens with zero attached hydrogens (tertiary/aromatic N) is 4. The van der Waals surface area contributed by atoms with Gasteiger partial charge in [-0.15, -0.1) is 10.2 Å². The minimum absolute atomic E-state index is 0.0617. The molecule has 1 aliphatic carbocycles. The van der Waals surface area contributed by atoms with Crippen molar-refractivity contribution >= 4 is 39.7 Å². The number of carbonyl (C=O) groups excluding carboxylic acids is 1. The topological polar surface area (TPSA) is 72.7 Å². The summed E-state index contributed by atoms with van der Waals surface area (Å²) in [6, 6.07) is 8.48. The van der Waals surface area contributed by atoms with Gasteiger partial charge in [0.15, 0.2) is 5.65 Å². The van der Waals surface area contributed by atoms with Gasteiger partial charge in [0.25, 0.3) is 0 Å². The zero-order valence-corrected chi connectivity index (χ0v) is 16.5. The first-order valence-electron chi connectivity index (χ1n) is 9.80. The number of benzene rings is 1. The Bertz CT molecular complexity index is 946. The molecular weight excluding hydrogens is 358 g/mol. The molecule has 3 aromatic rings. The third-order valence-corrected chi connectivity index (χ3v) is 6.06. The van der Waals surface area contributed by atoms with Gasteiger partial charge < -0.3 is 9.88 Å². The Morgan fingerprint density at radius 3 is 2.74 bits per heavy atom. The fraction of sp³-hybridized carbons (Fsp3) is 0.500. The van der Waals surface area contributed by atoms with Crippen LogP contribution >= 0.6 is 11.8 Å². The van der Waals surface area contributed by atoms with Gasteiger partial charge in [-0.2, -0.15) is 0 Å². The second kappa shape index (κ2) is 8.25. The number of para-hydroxylation sites is 1. The van der Waals surface area contributed by atoms with Crippen LogP contribution in [0.3, 0.4) is 0 Å². The van der Waals surface area contributed by atoms with Crippen LogP contribution in [0.4, 0.5) is 0 Å². The predicted octanol–water partition coefficient (Wildman–Crippen LogP) is 3.93. The average Bonchev–Trinajstić information content (AvgIpc) is 2.81. The maximum Gasteiger partial charge on any atom is 0.230 e. The SMILES string of the molecule is CCn1c2ccccc2c2nnc(SCC(=O)NC3CCCCCC3)nc21. The molecule has 27 heavy (non-hydrogen) atoms. The molecular formula is C20H25N5OS. The minimum Gasteiger partial charge on any atom is -0.353 e. The fourth-order valence-corrected chi connectivity index (χ4v) is 4.49. The molecule has 4 rings (SSSR count). The summed E-state index contributed by atoms with van der Waals surface area (Å²) < 4.78 is 2.15. The van der Waals surface area contributed by atoms with Crippen molar-refractivity contribution in [3.05, 3.63) is 24.3 Å². The molecule has 0 aliphatic heterocycles. The van der Waals surface area contributed by atoms with Gasteiger partial charge in [-0.1, -0.05) is 55.6 Å². The summed E-state index contributed by atoms with van der Waals surface area (Å²) in [5, 5.41) is 13.4. The highest BCUT2D eigenvalue weighted by molar-refractivity contribution is 7.99. The number of hydrogen-bond acceptors (Lipinski definition) is 5. The lowest BCUT2D eigenvalue weighted by Gasteiger charge is -2.15. The molecule has 142 valence electrons. The second-order valence-electron chi connectivity index (χ2n) is 7.07. The smallest absolute Gasteiger partial charge is 0.230 e. The van der Waals surface area contributed by atoms with E-state index in [4.69, 9.17) is 0 Å². The molecule has 1 saturated carbocycles. The summed E-state index contributed by atoms with van der Waals surface area (Å²) >= 11 is 1.36. The molecule has 1 aliphatic rings. The number of thioether (sulfide) groups is 1. The first-order chi connectivity index (χ1) is 13.3. The van der Waals surface area contributed by atoms with Gasteiger partial charge >= 0.3 is 0 Å². The summed E-state index contributed by atoms with van der Waals surface area (Å²) in [7, 11) is 0. The molecule has 0 spiro atoms. The standard InChI is InChI=1S/C20H25N5OS/c1-2-25-16-12-8-7-11-15(16)18-19(25)22-20(24-23-18)27-13-17(26)21-14-9-5-3-4-6-10-14/h7-8,11-12,14H,2-6,9-10,13H2,1H3,(H,21,26). The molecule has 0 bridgehead atoms. The molecule has 7 heteroatoms. The summed E-state index contributed by atoms with van der Waals surface area (Å²) in [4.78, 5) is 17.0. The van der Waals surface area contributed by atoms with Crippen molar-refractivity contribution in [3.8, 4) is 0 Å². The Morgan fingerprint density at radius 1 is 1.19 bits per heavy atom. The largest absolute Gasteiger partial charge is 0.353 e. The fourth-order valence-electron chi connectivity index (χ4n) is 3.89. The quantitative estimate of drug-likeness (QED) is 0.534. The van der Waals surface area contributed by atoms with E-state index in [9.17, 15) is 4.79 Å². The van der Waals surface area contributed by atoms with Gasteiger partial charge in [0.2, 0.25) is 11.1 Å². The van der Waals surface area contributed by atoms with Crippen molar-refractivity contribution in [1.29, 1.82) is 0 Å². The first kappa shape index (κ1) is 18.2. The van der Waals surface area contributed by atoms with Crippen LogP contribution in [0.1, 0.15) is 45.4 Å². The molecule has 1 aromatic carbocycles. The van der Waals surface area contributed by atoms with E-state index in [-0.39, 0.29) is 5.91 Å². The van der Waals surface area contributed by atoms with Crippen LogP contribution in [0.25, 0.3) is 22.1 Å². The highest BCUT2D eigenvalue weighted by Gasteiger charge is 2.17. The molecule has 2 heterocycles. The Balaban J connectivity index is 1.47. The summed E-state index contributed by atoms with van der Waals surface area (Å²) in [5.74, 6) is 0.391. The van der Waals surface area contributed by atoms with Crippen molar-refractivity contribution in [2.75, 3.05) is 5.75 Å². The first-order valence-corrected chi connectivity index (χ1v) is 10.8. The van der Waals surface area contributed by atoms with E-state index >= 15 is 0 Å². The lowest BCUT2D eigenvalue weighted by atomic mass is 10.1. The number of hydrogen-bond donors (Lipinski definition) is 1. The number of aromatic nitrogens is 4. The van der Waals surface area contributed by atoms with Gasteiger partial charge in [-0.05, 0) is 25.8 Å². The molecule has 1 N–H and O–H groups in total. The molecule has 0 radical (unpaired) electrons. The van der Waals surface area contributed by atoms with Crippen LogP contribution in [0.2, 0.25) is 0 Å². The highest BCUT2D eigenvalue weighted by Crippen LogP contribution is 2.27. The van der Waals surface area contributed by atoms with E-state index < -0.39 is 0 Å². The van der Waals surface area contributed by atoms with Crippen molar-refractivity contribution in [1.82, 2.24) is 25.1 Å². The van der Waals surface area contributed by atoms with E-state index in [0.717, 1.165) is 41.5 Å². The van der Waals surface area contributed by atoms with Crippen LogP contribution < -0.4 is 5.32 Å². The van der Waals surface area contributed by atoms with Crippen molar-refractivity contribution in [2.45, 2.75) is 63.2 Å². The number of carbonyl (C=O) groups is 1. The van der Waals surface area contributed by atoms with Crippen LogP contribution in [-0.2, 0) is 11.3 Å². The van der Waals surface area contributed by atoms with E-state index in [2.05, 4.69) is 38.1 Å². The van der Waals surface area contributed by atoms with Crippen LogP contribution in [0.5, 0.6) is 0 Å². The predicted molar refractivity (Wildman–Crippen MR) is 109 cm³/mol. The number of rotatable bonds is 5. The number of fused-ring (bicyclic) bond motifs is 3. The third-order valence-electron chi connectivity index (χ3n) is 5.22. The summed E-state index contributed by atoms with van der Waals surface area (Å²) in [6.07, 6.45) is 7.18. The van der Waals surface area contributed by atoms with E-state index in [1.807, 2.05) is 18.2 Å². The maximum absolute atomic E-state index is 12.3. The van der Waals surface area contributed by atoms with E-state index in [1.54, 1.807) is 0 Å².